The maximum absolute atomic E-state index is 13.0. The number of anilines is 4. The van der Waals surface area contributed by atoms with Gasteiger partial charge < -0.3 is 10.6 Å². The van der Waals surface area contributed by atoms with E-state index < -0.39 is 16.8 Å². The number of benzene rings is 2. The summed E-state index contributed by atoms with van der Waals surface area (Å²) >= 11 is 5.61. The fourth-order valence-corrected chi connectivity index (χ4v) is 2.41. The lowest BCUT2D eigenvalue weighted by Crippen LogP contribution is -2.07. The van der Waals surface area contributed by atoms with E-state index in [1.165, 1.54) is 12.3 Å². The summed E-state index contributed by atoms with van der Waals surface area (Å²) in [4.78, 5) is 4.14. The Morgan fingerprint density at radius 2 is 1.81 bits per heavy atom. The number of alkyl halides is 3. The van der Waals surface area contributed by atoms with Gasteiger partial charge in [0.05, 0.1) is 28.4 Å². The number of nitrogens with one attached hydrogen (secondary N) is 2. The number of nitriles is 1. The number of hydrogen-bond acceptors (Lipinski definition) is 6. The second kappa shape index (κ2) is 7.47. The van der Waals surface area contributed by atoms with Crippen molar-refractivity contribution in [2.45, 2.75) is 6.18 Å². The van der Waals surface area contributed by atoms with Crippen molar-refractivity contribution in [3.05, 3.63) is 64.8 Å². The van der Waals surface area contributed by atoms with E-state index in [9.17, 15) is 13.2 Å². The van der Waals surface area contributed by atoms with Crippen molar-refractivity contribution in [3.63, 3.8) is 0 Å². The average Bonchev–Trinajstić information content (AvgIpc) is 2.63. The lowest BCUT2D eigenvalue weighted by atomic mass is 10.2. The van der Waals surface area contributed by atoms with Crippen molar-refractivity contribution in [2.75, 3.05) is 10.6 Å². The Bertz CT molecular complexity index is 1020. The highest BCUT2D eigenvalue weighted by Crippen LogP contribution is 2.36. The molecule has 6 nitrogen and oxygen atoms in total. The van der Waals surface area contributed by atoms with Crippen LogP contribution in [0.3, 0.4) is 0 Å². The Hall–Kier alpha value is -3.38. The minimum atomic E-state index is -4.57. The topological polar surface area (TPSA) is 86.5 Å². The first-order valence-electron chi connectivity index (χ1n) is 7.46. The molecule has 10 heteroatoms. The van der Waals surface area contributed by atoms with Gasteiger partial charge in [-0.05, 0) is 36.4 Å². The molecule has 0 saturated heterocycles. The monoisotopic (exact) mass is 390 g/mol. The first kappa shape index (κ1) is 18.4. The van der Waals surface area contributed by atoms with E-state index >= 15 is 0 Å². The number of nitrogens with zero attached hydrogens (tertiary/aromatic N) is 4. The molecule has 2 aromatic carbocycles. The third-order valence-corrected chi connectivity index (χ3v) is 3.68. The van der Waals surface area contributed by atoms with Gasteiger partial charge in [-0.15, -0.1) is 5.10 Å². The van der Waals surface area contributed by atoms with Crippen molar-refractivity contribution in [1.82, 2.24) is 15.2 Å². The van der Waals surface area contributed by atoms with Crippen LogP contribution in [-0.2, 0) is 6.18 Å². The zero-order valence-corrected chi connectivity index (χ0v) is 14.2. The van der Waals surface area contributed by atoms with Crippen LogP contribution in [0, 0.1) is 11.3 Å². The molecule has 0 unspecified atom stereocenters. The van der Waals surface area contributed by atoms with Gasteiger partial charge in [-0.1, -0.05) is 17.7 Å². The maximum atomic E-state index is 13.0. The summed E-state index contributed by atoms with van der Waals surface area (Å²) in [6.07, 6.45) is -3.31. The lowest BCUT2D eigenvalue weighted by Gasteiger charge is -2.12. The van der Waals surface area contributed by atoms with Gasteiger partial charge in [0.1, 0.15) is 0 Å². The largest absolute Gasteiger partial charge is 0.417 e. The molecule has 0 aliphatic carbocycles. The van der Waals surface area contributed by atoms with Gasteiger partial charge in [0, 0.05) is 11.4 Å². The van der Waals surface area contributed by atoms with Crippen molar-refractivity contribution in [1.29, 1.82) is 5.26 Å². The first-order valence-corrected chi connectivity index (χ1v) is 7.83. The molecule has 3 aromatic rings. The molecule has 2 N–H and O–H groups in total. The highest BCUT2D eigenvalue weighted by atomic mass is 35.5. The molecular formula is C17H10ClF3N6. The van der Waals surface area contributed by atoms with E-state index in [1.54, 1.807) is 24.3 Å². The molecular weight excluding hydrogens is 381 g/mol. The molecule has 136 valence electrons. The molecule has 0 saturated carbocycles. The zero-order chi connectivity index (χ0) is 19.4. The van der Waals surface area contributed by atoms with E-state index in [0.717, 1.165) is 12.1 Å². The van der Waals surface area contributed by atoms with Gasteiger partial charge in [-0.3, -0.25) is 0 Å². The molecule has 0 aliphatic rings. The van der Waals surface area contributed by atoms with E-state index in [-0.39, 0.29) is 17.5 Å². The normalized spacial score (nSPS) is 10.9. The van der Waals surface area contributed by atoms with Crippen LogP contribution in [0.4, 0.5) is 36.3 Å². The second-order valence-corrected chi connectivity index (χ2v) is 5.71. The minimum absolute atomic E-state index is 0.111. The van der Waals surface area contributed by atoms with E-state index in [4.69, 9.17) is 16.9 Å². The zero-order valence-electron chi connectivity index (χ0n) is 13.4. The number of aromatic nitrogens is 3. The van der Waals surface area contributed by atoms with Crippen LogP contribution in [0.25, 0.3) is 0 Å². The summed E-state index contributed by atoms with van der Waals surface area (Å²) in [5.41, 5.74) is 0.203. The molecule has 0 spiro atoms. The predicted molar refractivity (Wildman–Crippen MR) is 94.0 cm³/mol. The van der Waals surface area contributed by atoms with Crippen LogP contribution in [0.2, 0.25) is 5.02 Å². The Balaban J connectivity index is 1.81. The summed E-state index contributed by atoms with van der Waals surface area (Å²) < 4.78 is 38.9. The highest BCUT2D eigenvalue weighted by Gasteiger charge is 2.33. The second-order valence-electron chi connectivity index (χ2n) is 5.30. The average molecular weight is 391 g/mol. The summed E-state index contributed by atoms with van der Waals surface area (Å²) in [5.74, 6) is 0.291. The highest BCUT2D eigenvalue weighted by molar-refractivity contribution is 6.31. The Morgan fingerprint density at radius 3 is 2.56 bits per heavy atom. The lowest BCUT2D eigenvalue weighted by molar-refractivity contribution is -0.137. The smallest absolute Gasteiger partial charge is 0.339 e. The SMILES string of the molecule is N#Cc1cccc(Nc2nncc(Nc3ccc(Cl)c(C(F)(F)F)c3)n2)c1. The van der Waals surface area contributed by atoms with E-state index in [1.807, 2.05) is 6.07 Å². The number of hydrogen-bond donors (Lipinski definition) is 2. The van der Waals surface area contributed by atoms with Crippen molar-refractivity contribution < 1.29 is 13.2 Å². The fraction of sp³-hybridized carbons (Fsp3) is 0.0588. The maximum Gasteiger partial charge on any atom is 0.417 e. The molecule has 0 fully saturated rings. The van der Waals surface area contributed by atoms with Crippen LogP contribution in [-0.4, -0.2) is 15.2 Å². The van der Waals surface area contributed by atoms with E-state index in [0.29, 0.717) is 11.3 Å². The van der Waals surface area contributed by atoms with Gasteiger partial charge in [0.15, 0.2) is 5.82 Å². The molecule has 0 bridgehead atoms. The van der Waals surface area contributed by atoms with Crippen LogP contribution < -0.4 is 10.6 Å². The molecule has 0 radical (unpaired) electrons. The molecule has 3 rings (SSSR count). The van der Waals surface area contributed by atoms with Gasteiger partial charge in [-0.25, -0.2) is 0 Å². The van der Waals surface area contributed by atoms with Crippen LogP contribution in [0.1, 0.15) is 11.1 Å². The van der Waals surface area contributed by atoms with Gasteiger partial charge in [0.25, 0.3) is 0 Å². The van der Waals surface area contributed by atoms with E-state index in [2.05, 4.69) is 25.8 Å². The Morgan fingerprint density at radius 1 is 1.04 bits per heavy atom. The van der Waals surface area contributed by atoms with Crippen LogP contribution in [0.5, 0.6) is 0 Å². The van der Waals surface area contributed by atoms with Crippen molar-refractivity contribution in [3.8, 4) is 6.07 Å². The molecule has 1 heterocycles. The van der Waals surface area contributed by atoms with Gasteiger partial charge in [-0.2, -0.15) is 28.5 Å². The first-order chi connectivity index (χ1) is 12.8. The summed E-state index contributed by atoms with van der Waals surface area (Å²) in [6, 6.07) is 12.1. The fourth-order valence-electron chi connectivity index (χ4n) is 2.18. The minimum Gasteiger partial charge on any atom is -0.339 e. The standard InChI is InChI=1S/C17H10ClF3N6/c18-14-5-4-12(7-13(14)17(19,20)21)24-15-9-23-27-16(26-15)25-11-3-1-2-10(6-11)8-22/h1-7,9H,(H2,24,25,26,27). The number of rotatable bonds is 4. The Kier molecular flexibility index (Phi) is 5.09. The third-order valence-electron chi connectivity index (χ3n) is 3.35. The predicted octanol–water partition coefficient (Wildman–Crippen LogP) is 4.90. The molecule has 27 heavy (non-hydrogen) atoms. The van der Waals surface area contributed by atoms with Crippen molar-refractivity contribution >= 4 is 34.7 Å². The van der Waals surface area contributed by atoms with Gasteiger partial charge in [0.2, 0.25) is 5.95 Å². The molecule has 0 aliphatic heterocycles. The van der Waals surface area contributed by atoms with Crippen molar-refractivity contribution in [2.24, 2.45) is 0 Å². The number of halogens is 4. The molecule has 1 aromatic heterocycles. The molecule has 0 amide bonds. The van der Waals surface area contributed by atoms with Gasteiger partial charge >= 0.3 is 6.18 Å². The molecule has 0 atom stereocenters. The Labute approximate surface area is 156 Å². The van der Waals surface area contributed by atoms with Crippen LogP contribution >= 0.6 is 11.6 Å². The third kappa shape index (κ3) is 4.62. The summed E-state index contributed by atoms with van der Waals surface area (Å²) in [6.45, 7) is 0. The van der Waals surface area contributed by atoms with Crippen LogP contribution in [0.15, 0.2) is 48.7 Å². The summed E-state index contributed by atoms with van der Waals surface area (Å²) in [7, 11) is 0. The summed E-state index contributed by atoms with van der Waals surface area (Å²) in [5, 5.41) is 21.7. The quantitative estimate of drug-likeness (QED) is 0.658.